The predicted molar refractivity (Wildman–Crippen MR) is 151 cm³/mol. The first-order valence-corrected chi connectivity index (χ1v) is 13.4. The summed E-state index contributed by atoms with van der Waals surface area (Å²) >= 11 is 6.80. The summed E-state index contributed by atoms with van der Waals surface area (Å²) in [5.41, 5.74) is 17.1. The van der Waals surface area contributed by atoms with Crippen LogP contribution in [0, 0.1) is 5.92 Å². The van der Waals surface area contributed by atoms with E-state index in [9.17, 15) is 4.79 Å². The molecule has 0 radical (unpaired) electrons. The number of nitrogens with two attached hydrogens (primary N) is 2. The number of nitrogens with one attached hydrogen (secondary N) is 1. The Bertz CT molecular complexity index is 1530. The van der Waals surface area contributed by atoms with Gasteiger partial charge < -0.3 is 25.5 Å². The molecule has 1 atom stereocenters. The van der Waals surface area contributed by atoms with Crippen LogP contribution in [0.4, 0.5) is 21.9 Å². The predicted octanol–water partition coefficient (Wildman–Crippen LogP) is 7.39. The van der Waals surface area contributed by atoms with Crippen LogP contribution in [-0.4, -0.2) is 21.7 Å². The van der Waals surface area contributed by atoms with Crippen LogP contribution in [0.2, 0.25) is 5.02 Å². The Morgan fingerprint density at radius 1 is 1.13 bits per heavy atom. The first kappa shape index (κ1) is 24.4. The first-order chi connectivity index (χ1) is 18.4. The minimum absolute atomic E-state index is 0.0919. The van der Waals surface area contributed by atoms with E-state index in [0.717, 1.165) is 54.3 Å². The van der Waals surface area contributed by atoms with Crippen LogP contribution in [-0.2, 0) is 4.74 Å². The van der Waals surface area contributed by atoms with Gasteiger partial charge in [0.25, 0.3) is 0 Å². The Hall–Kier alpha value is -3.91. The molecule has 0 aliphatic heterocycles. The van der Waals surface area contributed by atoms with Crippen molar-refractivity contribution in [2.75, 3.05) is 16.8 Å². The number of carbonyl (C=O) groups is 1. The molecule has 2 fully saturated rings. The zero-order chi connectivity index (χ0) is 26.4. The Balaban J connectivity index is 1.34. The minimum atomic E-state index is -0.475. The number of halogens is 1. The molecular formula is C29H30ClN5O3. The van der Waals surface area contributed by atoms with Crippen molar-refractivity contribution in [1.82, 2.24) is 9.55 Å². The molecule has 8 nitrogen and oxygen atoms in total. The van der Waals surface area contributed by atoms with Gasteiger partial charge in [-0.25, -0.2) is 9.78 Å². The number of nitrogen functional groups attached to an aromatic ring is 2. The number of benzene rings is 2. The number of carbonyl (C=O) groups excluding carboxylic acids is 1. The molecular weight excluding hydrogens is 502 g/mol. The largest absolute Gasteiger partial charge is 0.446 e. The van der Waals surface area contributed by atoms with Crippen LogP contribution in [0.25, 0.3) is 22.2 Å². The molecule has 38 heavy (non-hydrogen) atoms. The summed E-state index contributed by atoms with van der Waals surface area (Å²) < 4.78 is 13.8. The number of aromatic nitrogens is 2. The lowest BCUT2D eigenvalue weighted by atomic mass is 9.92. The highest BCUT2D eigenvalue weighted by atomic mass is 35.5. The lowest BCUT2D eigenvalue weighted by Crippen LogP contribution is -2.21. The number of fused-ring (bicyclic) bond motifs is 1. The summed E-state index contributed by atoms with van der Waals surface area (Å²) in [6.07, 6.45) is 6.55. The van der Waals surface area contributed by atoms with Gasteiger partial charge in [0.2, 0.25) is 5.88 Å². The van der Waals surface area contributed by atoms with Gasteiger partial charge >= 0.3 is 6.09 Å². The number of nitrogens with zero attached hydrogens (tertiary/aromatic N) is 2. The molecule has 2 aliphatic rings. The van der Waals surface area contributed by atoms with E-state index in [1.807, 2.05) is 37.3 Å². The highest BCUT2D eigenvalue weighted by molar-refractivity contribution is 6.34. The van der Waals surface area contributed by atoms with Gasteiger partial charge in [0.15, 0.2) is 0 Å². The van der Waals surface area contributed by atoms with E-state index >= 15 is 0 Å². The average Bonchev–Trinajstić information content (AvgIpc) is 3.67. The fourth-order valence-electron chi connectivity index (χ4n) is 5.04. The summed E-state index contributed by atoms with van der Waals surface area (Å²) in [6.45, 7) is 1.93. The number of ether oxygens (including phenoxy) is 2. The third-order valence-corrected chi connectivity index (χ3v) is 7.83. The maximum Gasteiger partial charge on any atom is 0.411 e. The zero-order valence-electron chi connectivity index (χ0n) is 21.1. The summed E-state index contributed by atoms with van der Waals surface area (Å²) in [5, 5.41) is 4.21. The number of hydrogen-bond acceptors (Lipinski definition) is 6. The molecule has 4 aromatic rings. The van der Waals surface area contributed by atoms with Crippen LogP contribution in [0.5, 0.6) is 11.6 Å². The highest BCUT2D eigenvalue weighted by Crippen LogP contribution is 2.47. The second-order valence-corrected chi connectivity index (χ2v) is 10.6. The molecule has 2 saturated carbocycles. The Morgan fingerprint density at radius 3 is 2.63 bits per heavy atom. The zero-order valence-corrected chi connectivity index (χ0v) is 21.9. The van der Waals surface area contributed by atoms with E-state index in [2.05, 4.69) is 14.9 Å². The Labute approximate surface area is 225 Å². The highest BCUT2D eigenvalue weighted by Gasteiger charge is 2.31. The van der Waals surface area contributed by atoms with Crippen LogP contribution < -0.4 is 21.5 Å². The van der Waals surface area contributed by atoms with Gasteiger partial charge in [-0.1, -0.05) is 11.6 Å². The molecule has 2 heterocycles. The number of hydrogen-bond donors (Lipinski definition) is 3. The Morgan fingerprint density at radius 2 is 1.95 bits per heavy atom. The van der Waals surface area contributed by atoms with Crippen molar-refractivity contribution in [3.8, 4) is 22.9 Å². The van der Waals surface area contributed by atoms with Crippen molar-refractivity contribution >= 4 is 45.7 Å². The molecule has 2 aromatic heterocycles. The fraction of sp³-hybridized carbons (Fsp3) is 0.310. The minimum Gasteiger partial charge on any atom is -0.446 e. The second-order valence-electron chi connectivity index (χ2n) is 10.2. The summed E-state index contributed by atoms with van der Waals surface area (Å²) in [4.78, 5) is 16.6. The van der Waals surface area contributed by atoms with Crippen molar-refractivity contribution < 1.29 is 14.3 Å². The maximum atomic E-state index is 12.3. The molecule has 9 heteroatoms. The number of anilines is 3. The molecule has 5 N–H and O–H groups in total. The van der Waals surface area contributed by atoms with Gasteiger partial charge in [-0.15, -0.1) is 0 Å². The first-order valence-electron chi connectivity index (χ1n) is 13.0. The maximum absolute atomic E-state index is 12.3. The van der Waals surface area contributed by atoms with E-state index in [-0.39, 0.29) is 6.10 Å². The monoisotopic (exact) mass is 531 g/mol. The summed E-state index contributed by atoms with van der Waals surface area (Å²) in [7, 11) is 0. The van der Waals surface area contributed by atoms with Crippen LogP contribution >= 0.6 is 11.6 Å². The van der Waals surface area contributed by atoms with Gasteiger partial charge in [-0.05, 0) is 87.4 Å². The van der Waals surface area contributed by atoms with Crippen molar-refractivity contribution in [2.45, 2.75) is 51.2 Å². The van der Waals surface area contributed by atoms with Crippen LogP contribution in [0.3, 0.4) is 0 Å². The van der Waals surface area contributed by atoms with Gasteiger partial charge in [-0.3, -0.25) is 5.32 Å². The molecule has 6 rings (SSSR count). The van der Waals surface area contributed by atoms with Crippen LogP contribution in [0.1, 0.15) is 45.1 Å². The van der Waals surface area contributed by atoms with Crippen molar-refractivity contribution in [2.24, 2.45) is 5.92 Å². The number of rotatable bonds is 7. The topological polar surface area (TPSA) is 117 Å². The van der Waals surface area contributed by atoms with Crippen molar-refractivity contribution in [3.63, 3.8) is 0 Å². The molecule has 2 aliphatic carbocycles. The summed E-state index contributed by atoms with van der Waals surface area (Å²) in [5.74, 6) is 1.45. The molecule has 0 bridgehead atoms. The second kappa shape index (κ2) is 9.76. The fourth-order valence-corrected chi connectivity index (χ4v) is 5.31. The molecule has 2 aromatic carbocycles. The molecule has 0 spiro atoms. The standard InChI is InChI=1S/C29H30ClN5O3/c1-16(17-7-8-17)37-29(36)34-18-9-11-21(23(30)14-18)27-26(32)22-12-10-20(38-28-24(31)6-3-13-33-28)15-25(22)35(27)19-4-2-5-19/h3,6,9-17,19H,2,4-5,7-8,31-32H2,1H3,(H,34,36)/t16-/m1/s1. The SMILES string of the molecule is C[C@@H](OC(=O)Nc1ccc(-c2c(N)c3ccc(Oc4ncccc4N)cc3n2C2CCC2)c(Cl)c1)C1CC1. The normalized spacial score (nSPS) is 16.2. The quantitative estimate of drug-likeness (QED) is 0.229. The van der Waals surface area contributed by atoms with Crippen molar-refractivity contribution in [3.05, 3.63) is 59.8 Å². The van der Waals surface area contributed by atoms with Gasteiger partial charge in [0.1, 0.15) is 11.9 Å². The van der Waals surface area contributed by atoms with Gasteiger partial charge in [0, 0.05) is 34.9 Å². The van der Waals surface area contributed by atoms with Gasteiger partial charge in [0.05, 0.1) is 27.6 Å². The van der Waals surface area contributed by atoms with E-state index in [4.69, 9.17) is 32.5 Å². The average molecular weight is 532 g/mol. The molecule has 0 saturated heterocycles. The Kier molecular flexibility index (Phi) is 6.27. The molecule has 1 amide bonds. The number of amides is 1. The lowest BCUT2D eigenvalue weighted by Gasteiger charge is -2.30. The number of pyridine rings is 1. The lowest BCUT2D eigenvalue weighted by molar-refractivity contribution is 0.108. The third-order valence-electron chi connectivity index (χ3n) is 7.52. The van der Waals surface area contributed by atoms with E-state index in [0.29, 0.717) is 45.7 Å². The van der Waals surface area contributed by atoms with E-state index in [1.54, 1.807) is 24.4 Å². The van der Waals surface area contributed by atoms with E-state index < -0.39 is 6.09 Å². The molecule has 196 valence electrons. The third kappa shape index (κ3) is 4.60. The van der Waals surface area contributed by atoms with Crippen LogP contribution in [0.15, 0.2) is 54.7 Å². The smallest absolute Gasteiger partial charge is 0.411 e. The molecule has 0 unspecified atom stereocenters. The van der Waals surface area contributed by atoms with E-state index in [1.165, 1.54) is 0 Å². The van der Waals surface area contributed by atoms with Gasteiger partial charge in [-0.2, -0.15) is 0 Å². The summed E-state index contributed by atoms with van der Waals surface area (Å²) in [6, 6.07) is 15.1. The van der Waals surface area contributed by atoms with Crippen molar-refractivity contribution in [1.29, 1.82) is 0 Å².